The number of nitrogens with zero attached hydrogens (tertiary/aromatic N) is 4. The van der Waals surface area contributed by atoms with Gasteiger partial charge >= 0.3 is 0 Å². The number of hydrogen-bond acceptors (Lipinski definition) is 6. The number of anilines is 4. The van der Waals surface area contributed by atoms with Gasteiger partial charge in [0.15, 0.2) is 0 Å². The molecule has 4 aromatic rings. The summed E-state index contributed by atoms with van der Waals surface area (Å²) in [6.07, 6.45) is 14.2. The van der Waals surface area contributed by atoms with E-state index < -0.39 is 11.8 Å². The fourth-order valence-corrected chi connectivity index (χ4v) is 6.55. The minimum absolute atomic E-state index is 0.140. The van der Waals surface area contributed by atoms with Crippen molar-refractivity contribution in [2.45, 2.75) is 70.6 Å². The molecule has 0 saturated heterocycles. The number of hydrogen-bond donors (Lipinski definition) is 10. The summed E-state index contributed by atoms with van der Waals surface area (Å²) in [6, 6.07) is 6.34. The van der Waals surface area contributed by atoms with E-state index in [2.05, 4.69) is 31.9 Å². The molecule has 0 bridgehead atoms. The van der Waals surface area contributed by atoms with Gasteiger partial charge in [0.05, 0.1) is 35.6 Å². The molecule has 0 unspecified atom stereocenters. The molecule has 0 spiro atoms. The number of nitrogens with one attached hydrogen (secondary N) is 6. The lowest BCUT2D eigenvalue weighted by atomic mass is 10.1. The lowest BCUT2D eigenvalue weighted by Crippen LogP contribution is -2.47. The van der Waals surface area contributed by atoms with Crippen molar-refractivity contribution < 1.29 is 39.6 Å². The summed E-state index contributed by atoms with van der Waals surface area (Å²) in [5.41, 5.74) is 14.2. The number of nitrogens with two attached hydrogens (primary N) is 4. The molecule has 0 atom stereocenters. The van der Waals surface area contributed by atoms with Gasteiger partial charge in [0.25, 0.3) is 23.6 Å². The molecule has 0 aliphatic rings. The molecule has 14 N–H and O–H groups in total. The highest BCUT2D eigenvalue weighted by molar-refractivity contribution is 6.06. The molecule has 0 radical (unpaired) electrons. The van der Waals surface area contributed by atoms with Crippen LogP contribution in [0.5, 0.6) is 0 Å². The van der Waals surface area contributed by atoms with E-state index in [9.17, 15) is 28.8 Å². The largest absolute Gasteiger partial charge is 0.350 e. The van der Waals surface area contributed by atoms with Crippen molar-refractivity contribution in [2.24, 2.45) is 39.7 Å². The Bertz CT molecular complexity index is 2090. The van der Waals surface area contributed by atoms with E-state index in [-0.39, 0.29) is 35.3 Å². The van der Waals surface area contributed by atoms with Crippen LogP contribution in [0.4, 0.5) is 22.7 Å². The zero-order valence-corrected chi connectivity index (χ0v) is 35.4. The molecule has 4 aromatic heterocycles. The highest BCUT2D eigenvalue weighted by Crippen LogP contribution is 2.20. The first-order chi connectivity index (χ1) is 29.0. The molecule has 0 fully saturated rings. The quantitative estimate of drug-likeness (QED) is 0.0262. The fourth-order valence-electron chi connectivity index (χ4n) is 6.55. The van der Waals surface area contributed by atoms with Crippen LogP contribution >= 0.6 is 0 Å². The van der Waals surface area contributed by atoms with Gasteiger partial charge in [-0.2, -0.15) is 0 Å². The van der Waals surface area contributed by atoms with Crippen LogP contribution in [0, 0.1) is 0 Å². The predicted molar refractivity (Wildman–Crippen MR) is 233 cm³/mol. The second kappa shape index (κ2) is 22.3. The van der Waals surface area contributed by atoms with E-state index in [0.717, 1.165) is 44.9 Å². The summed E-state index contributed by atoms with van der Waals surface area (Å²) in [5.74, 6) is -1.27. The molecule has 0 aromatic carbocycles. The normalized spacial score (nSPS) is 10.8. The third-order valence-electron chi connectivity index (χ3n) is 9.74. The predicted octanol–water partition coefficient (Wildman–Crippen LogP) is 0.106. The van der Waals surface area contributed by atoms with E-state index in [0.29, 0.717) is 84.3 Å². The summed E-state index contributed by atoms with van der Waals surface area (Å²) >= 11 is 0. The van der Waals surface area contributed by atoms with Crippen LogP contribution in [-0.4, -0.2) is 78.5 Å². The lowest BCUT2D eigenvalue weighted by molar-refractivity contribution is -0.118. The van der Waals surface area contributed by atoms with Gasteiger partial charge < -0.3 is 50.2 Å². The molecule has 0 saturated carbocycles. The number of carbonyl (C=O) groups is 6. The van der Waals surface area contributed by atoms with Gasteiger partial charge in [0.2, 0.25) is 23.5 Å². The van der Waals surface area contributed by atoms with Crippen LogP contribution in [0.2, 0.25) is 0 Å². The minimum atomic E-state index is -0.395. The van der Waals surface area contributed by atoms with Crippen molar-refractivity contribution in [3.05, 3.63) is 71.8 Å². The minimum Gasteiger partial charge on any atom is -0.350 e. The van der Waals surface area contributed by atoms with E-state index in [1.54, 1.807) is 95.5 Å². The summed E-state index contributed by atoms with van der Waals surface area (Å²) in [5, 5.41) is 27.7. The zero-order valence-electron chi connectivity index (χ0n) is 35.4. The number of aryl methyl sites for hydroxylation is 4. The first kappa shape index (κ1) is 46.6. The monoisotopic (exact) mass is 844 g/mol. The van der Waals surface area contributed by atoms with Crippen LogP contribution in [0.3, 0.4) is 0 Å². The first-order valence-corrected chi connectivity index (χ1v) is 20.2. The number of amidine groups is 2. The summed E-state index contributed by atoms with van der Waals surface area (Å²) in [4.78, 5) is 76.3. The number of aromatic nitrogens is 4. The molecule has 61 heavy (non-hydrogen) atoms. The van der Waals surface area contributed by atoms with Crippen LogP contribution < -0.4 is 54.2 Å². The average molecular weight is 845 g/mol. The van der Waals surface area contributed by atoms with E-state index in [1.165, 1.54) is 0 Å². The molecule has 20 heteroatoms. The second-order valence-corrected chi connectivity index (χ2v) is 15.0. The van der Waals surface area contributed by atoms with Crippen LogP contribution in [0.25, 0.3) is 0 Å². The molecular weight excluding hydrogens is 785 g/mol. The topological polar surface area (TPSA) is 298 Å². The molecular formula is C41H60N14O6+2. The Morgan fingerprint density at radius 1 is 0.443 bits per heavy atom. The van der Waals surface area contributed by atoms with Crippen molar-refractivity contribution in [1.29, 1.82) is 0 Å². The maximum Gasteiger partial charge on any atom is 0.272 e. The Balaban J connectivity index is 1.08. The Hall–Kier alpha value is -7.12. The van der Waals surface area contributed by atoms with Gasteiger partial charge in [-0.05, 0) is 37.1 Å². The molecule has 6 amide bonds. The second-order valence-electron chi connectivity index (χ2n) is 15.0. The van der Waals surface area contributed by atoms with Crippen LogP contribution in [-0.2, 0) is 37.8 Å². The molecule has 4 heterocycles. The highest BCUT2D eigenvalue weighted by atomic mass is 16.2. The van der Waals surface area contributed by atoms with Gasteiger partial charge in [-0.25, -0.2) is 0 Å². The third-order valence-corrected chi connectivity index (χ3v) is 9.74. The summed E-state index contributed by atoms with van der Waals surface area (Å²) in [7, 11) is 6.81. The van der Waals surface area contributed by atoms with Gasteiger partial charge in [-0.1, -0.05) is 32.1 Å². The number of amides is 6. The SMILES string of the molecule is Cn1cc(NC(=O)c2cc(NC(=O)CCCCCCCCCC(=O)Nc3cc(C(=O)Nc4cc(C(=O)NCCC(N)=[NH2+])n(C)c4)n(C)c3)cn2C)cc1C(=O)NCCC(N)=[NH2+]. The lowest BCUT2D eigenvalue weighted by Gasteiger charge is -2.04. The Labute approximate surface area is 354 Å². The van der Waals surface area contributed by atoms with Gasteiger partial charge in [0.1, 0.15) is 22.8 Å². The van der Waals surface area contributed by atoms with Crippen molar-refractivity contribution in [2.75, 3.05) is 34.4 Å². The molecule has 20 nitrogen and oxygen atoms in total. The standard InChI is InChI=1S/C41H58N14O6/c1-52-24-28(20-30(52)38(58)46-16-14-34(42)43)50-40(60)32-18-26(22-54(32)3)48-36(56)12-10-8-6-5-7-9-11-13-37(57)49-27-19-33(55(4)23-27)41(61)51-29-21-31(53(2)25-29)39(59)47-17-15-35(44)45/h18-25H,5-17H2,1-4H3,(H3,42,43)(H3,44,45)(H,46,58)(H,47,59)(H,48,56)(H,49,57)(H,50,60)(H,51,61)/p+2. The molecule has 0 aliphatic heterocycles. The highest BCUT2D eigenvalue weighted by Gasteiger charge is 2.19. The van der Waals surface area contributed by atoms with E-state index in [4.69, 9.17) is 22.3 Å². The van der Waals surface area contributed by atoms with Gasteiger partial charge in [-0.15, -0.1) is 0 Å². The van der Waals surface area contributed by atoms with Crippen molar-refractivity contribution in [3.8, 4) is 0 Å². The van der Waals surface area contributed by atoms with E-state index in [1.807, 2.05) is 0 Å². The smallest absolute Gasteiger partial charge is 0.272 e. The van der Waals surface area contributed by atoms with Gasteiger partial charge in [0, 0.05) is 78.9 Å². The molecule has 0 aliphatic carbocycles. The fraction of sp³-hybridized carbons (Fsp3) is 0.415. The maximum atomic E-state index is 13.0. The van der Waals surface area contributed by atoms with E-state index >= 15 is 0 Å². The first-order valence-electron chi connectivity index (χ1n) is 20.2. The maximum absolute atomic E-state index is 13.0. The van der Waals surface area contributed by atoms with Crippen molar-refractivity contribution >= 4 is 69.9 Å². The van der Waals surface area contributed by atoms with Crippen LogP contribution in [0.15, 0.2) is 49.1 Å². The average Bonchev–Trinajstić information content (AvgIpc) is 3.94. The third kappa shape index (κ3) is 14.6. The van der Waals surface area contributed by atoms with Crippen molar-refractivity contribution in [1.82, 2.24) is 28.9 Å². The molecule has 4 rings (SSSR count). The number of rotatable bonds is 24. The zero-order chi connectivity index (χ0) is 44.6. The van der Waals surface area contributed by atoms with Crippen molar-refractivity contribution in [3.63, 3.8) is 0 Å². The number of unbranched alkanes of at least 4 members (excludes halogenated alkanes) is 6. The molecule has 328 valence electrons. The van der Waals surface area contributed by atoms with Gasteiger partial charge in [-0.3, -0.25) is 51.1 Å². The number of carbonyl (C=O) groups excluding carboxylic acids is 6. The Morgan fingerprint density at radius 2 is 0.721 bits per heavy atom. The van der Waals surface area contributed by atoms with Crippen LogP contribution in [0.1, 0.15) is 113 Å². The summed E-state index contributed by atoms with van der Waals surface area (Å²) < 4.78 is 6.44. The Morgan fingerprint density at radius 3 is 1.03 bits per heavy atom. The summed E-state index contributed by atoms with van der Waals surface area (Å²) in [6.45, 7) is 0.581. The Kier molecular flexibility index (Phi) is 17.0.